The average Bonchev–Trinajstić information content (AvgIpc) is 3.56. The van der Waals surface area contributed by atoms with E-state index in [-0.39, 0.29) is 12.1 Å². The number of fused-ring (bicyclic) bond motifs is 2. The Morgan fingerprint density at radius 1 is 1.09 bits per heavy atom. The summed E-state index contributed by atoms with van der Waals surface area (Å²) in [7, 11) is 0. The van der Waals surface area contributed by atoms with Crippen LogP contribution in [-0.2, 0) is 17.6 Å². The summed E-state index contributed by atoms with van der Waals surface area (Å²) < 4.78 is 3.12. The van der Waals surface area contributed by atoms with Crippen LogP contribution in [0.3, 0.4) is 0 Å². The molecule has 0 spiro atoms. The second-order valence-corrected chi connectivity index (χ2v) is 13.9. The number of hydrogen-bond acceptors (Lipinski definition) is 5. The molecule has 2 aliphatic carbocycles. The van der Waals surface area contributed by atoms with E-state index in [2.05, 4.69) is 66.1 Å². The third-order valence-corrected chi connectivity index (χ3v) is 10.1. The third-order valence-electron chi connectivity index (χ3n) is 9.46. The fourth-order valence-electron chi connectivity index (χ4n) is 7.05. The summed E-state index contributed by atoms with van der Waals surface area (Å²) in [6, 6.07) is 9.48. The van der Waals surface area contributed by atoms with E-state index in [1.807, 2.05) is 29.7 Å². The Kier molecular flexibility index (Phi) is 12.9. The summed E-state index contributed by atoms with van der Waals surface area (Å²) in [4.78, 5) is 36.3. The fraction of sp³-hybridized carbons (Fsp3) is 0.543. The number of amides is 3. The van der Waals surface area contributed by atoms with Crippen LogP contribution in [0.5, 0.6) is 0 Å². The van der Waals surface area contributed by atoms with E-state index in [9.17, 15) is 9.59 Å². The van der Waals surface area contributed by atoms with Crippen molar-refractivity contribution in [2.45, 2.75) is 89.3 Å². The number of carbonyl (C=O) groups is 2. The molecule has 11 heteroatoms. The van der Waals surface area contributed by atoms with Crippen LogP contribution in [0.4, 0.5) is 4.79 Å². The number of piperazine rings is 1. The van der Waals surface area contributed by atoms with Crippen molar-refractivity contribution in [3.63, 3.8) is 0 Å². The van der Waals surface area contributed by atoms with Crippen LogP contribution in [0.15, 0.2) is 53.7 Å². The van der Waals surface area contributed by atoms with Crippen molar-refractivity contribution in [3.8, 4) is 0 Å². The first-order valence-corrected chi connectivity index (χ1v) is 18.0. The van der Waals surface area contributed by atoms with Crippen molar-refractivity contribution in [3.05, 3.63) is 81.1 Å². The number of imidazole rings is 1. The Morgan fingerprint density at radius 3 is 2.59 bits per heavy atom. The second kappa shape index (κ2) is 17.3. The molecule has 1 saturated carbocycles. The highest BCUT2D eigenvalue weighted by Gasteiger charge is 2.33. The van der Waals surface area contributed by atoms with Gasteiger partial charge in [0, 0.05) is 72.9 Å². The summed E-state index contributed by atoms with van der Waals surface area (Å²) in [6.07, 6.45) is 19.4. The number of benzene rings is 1. The minimum absolute atomic E-state index is 0.0939. The number of nitrogens with one attached hydrogen (secondary N) is 2. The zero-order valence-electron chi connectivity index (χ0n) is 26.8. The quantitative estimate of drug-likeness (QED) is 0.190. The van der Waals surface area contributed by atoms with E-state index in [0.717, 1.165) is 99.3 Å². The molecule has 1 saturated heterocycles. The van der Waals surface area contributed by atoms with Crippen LogP contribution < -0.4 is 10.6 Å². The zero-order chi connectivity index (χ0) is 32.3. The van der Waals surface area contributed by atoms with Gasteiger partial charge in [-0.15, -0.1) is 0 Å². The van der Waals surface area contributed by atoms with Gasteiger partial charge in [0.15, 0.2) is 0 Å². The molecule has 1 aliphatic heterocycles. The number of pyridine rings is 1. The largest absolute Gasteiger partial charge is 0.359 e. The van der Waals surface area contributed by atoms with E-state index in [1.54, 1.807) is 6.20 Å². The van der Waals surface area contributed by atoms with Gasteiger partial charge in [0.1, 0.15) is 0 Å². The Balaban J connectivity index is 0.000000251. The van der Waals surface area contributed by atoms with Gasteiger partial charge in [0.25, 0.3) is 0 Å². The normalized spacial score (nSPS) is 19.1. The first-order chi connectivity index (χ1) is 22.5. The highest BCUT2D eigenvalue weighted by Crippen LogP contribution is 2.38. The molecular formula is C35H47BrClN7O2. The van der Waals surface area contributed by atoms with Crippen LogP contribution >= 0.6 is 27.5 Å². The van der Waals surface area contributed by atoms with Gasteiger partial charge < -0.3 is 20.1 Å². The van der Waals surface area contributed by atoms with Gasteiger partial charge in [0.05, 0.1) is 18.1 Å². The summed E-state index contributed by atoms with van der Waals surface area (Å²) in [5.41, 5.74) is 5.01. The standard InChI is InChI=1S/C25H30BrClN4O.C10H17N3O/c26-19-14-18-7-6-17-15-20(27)8-9-22(17)24(23(18)28-16-19)30-10-12-31(13-11-30)25(32)29-21-4-2-1-3-5-21;1-2-3-10(4-5-12-9-14)13-7-6-11-8-13/h8-9,14-16,21,24H,1-7,10-13H2,(H,29,32);6-10H,2-5H2,1H3,(H,12,14). The Morgan fingerprint density at radius 2 is 1.87 bits per heavy atom. The lowest BCUT2D eigenvalue weighted by Gasteiger charge is -2.40. The minimum atomic E-state index is 0.0939. The summed E-state index contributed by atoms with van der Waals surface area (Å²) in [5.74, 6) is 0. The van der Waals surface area contributed by atoms with Gasteiger partial charge in [0.2, 0.25) is 6.41 Å². The Labute approximate surface area is 286 Å². The summed E-state index contributed by atoms with van der Waals surface area (Å²) in [5, 5.41) is 6.74. The van der Waals surface area contributed by atoms with Crippen LogP contribution in [0.1, 0.15) is 92.8 Å². The highest BCUT2D eigenvalue weighted by molar-refractivity contribution is 9.10. The molecule has 0 bridgehead atoms. The number of nitrogens with zero attached hydrogens (tertiary/aromatic N) is 5. The van der Waals surface area contributed by atoms with Crippen molar-refractivity contribution < 1.29 is 9.59 Å². The smallest absolute Gasteiger partial charge is 0.317 e. The molecule has 9 nitrogen and oxygen atoms in total. The number of carbonyl (C=O) groups excluding carboxylic acids is 2. The van der Waals surface area contributed by atoms with Gasteiger partial charge in [-0.05, 0) is 89.3 Å². The maximum absolute atomic E-state index is 12.8. The maximum atomic E-state index is 12.8. The van der Waals surface area contributed by atoms with Gasteiger partial charge in [-0.1, -0.05) is 50.3 Å². The molecule has 3 aromatic rings. The fourth-order valence-corrected chi connectivity index (χ4v) is 7.62. The zero-order valence-corrected chi connectivity index (χ0v) is 29.2. The first kappa shape index (κ1) is 34.4. The lowest BCUT2D eigenvalue weighted by Crippen LogP contribution is -2.54. The van der Waals surface area contributed by atoms with E-state index in [1.165, 1.54) is 36.0 Å². The minimum Gasteiger partial charge on any atom is -0.359 e. The molecule has 248 valence electrons. The average molecular weight is 713 g/mol. The number of hydrogen-bond donors (Lipinski definition) is 2. The topological polar surface area (TPSA) is 95.4 Å². The van der Waals surface area contributed by atoms with Crippen molar-refractivity contribution in [2.75, 3.05) is 32.7 Å². The predicted octanol–water partition coefficient (Wildman–Crippen LogP) is 6.71. The van der Waals surface area contributed by atoms with Crippen molar-refractivity contribution in [1.29, 1.82) is 0 Å². The Bertz CT molecular complexity index is 1350. The van der Waals surface area contributed by atoms with Gasteiger partial charge in [-0.2, -0.15) is 0 Å². The summed E-state index contributed by atoms with van der Waals surface area (Å²) >= 11 is 9.94. The van der Waals surface area contributed by atoms with E-state index in [4.69, 9.17) is 16.6 Å². The third kappa shape index (κ3) is 9.10. The molecule has 3 aliphatic rings. The molecule has 3 heterocycles. The van der Waals surface area contributed by atoms with E-state index >= 15 is 0 Å². The van der Waals surface area contributed by atoms with Crippen LogP contribution in [0, 0.1) is 0 Å². The molecule has 2 N–H and O–H groups in total. The second-order valence-electron chi connectivity index (χ2n) is 12.6. The van der Waals surface area contributed by atoms with E-state index in [0.29, 0.717) is 12.1 Å². The molecule has 0 radical (unpaired) electrons. The first-order valence-electron chi connectivity index (χ1n) is 16.8. The molecule has 6 rings (SSSR count). The number of urea groups is 1. The molecule has 2 unspecified atom stereocenters. The van der Waals surface area contributed by atoms with Crippen molar-refractivity contribution >= 4 is 40.0 Å². The maximum Gasteiger partial charge on any atom is 0.317 e. The lowest BCUT2D eigenvalue weighted by atomic mass is 9.95. The number of rotatable bonds is 9. The predicted molar refractivity (Wildman–Crippen MR) is 186 cm³/mol. The Hall–Kier alpha value is -2.95. The van der Waals surface area contributed by atoms with Gasteiger partial charge in [-0.3, -0.25) is 14.7 Å². The molecular weight excluding hydrogens is 666 g/mol. The SMILES string of the molecule is CCCC(CCNC=O)n1ccnc1.O=C(NC1CCCCC1)N1CCN(C2c3ccc(Cl)cc3CCc3cc(Br)cnc32)CC1. The van der Waals surface area contributed by atoms with Crippen molar-refractivity contribution in [2.24, 2.45) is 0 Å². The molecule has 2 fully saturated rings. The monoisotopic (exact) mass is 711 g/mol. The van der Waals surface area contributed by atoms with Crippen LogP contribution in [-0.4, -0.2) is 75.5 Å². The lowest BCUT2D eigenvalue weighted by molar-refractivity contribution is -0.109. The number of aryl methyl sites for hydroxylation is 2. The summed E-state index contributed by atoms with van der Waals surface area (Å²) in [6.45, 7) is 6.04. The van der Waals surface area contributed by atoms with Crippen LogP contribution in [0.2, 0.25) is 5.02 Å². The van der Waals surface area contributed by atoms with Gasteiger partial charge in [-0.25, -0.2) is 9.78 Å². The van der Waals surface area contributed by atoms with Crippen LogP contribution in [0.25, 0.3) is 0 Å². The van der Waals surface area contributed by atoms with E-state index < -0.39 is 0 Å². The molecule has 1 aromatic carbocycles. The van der Waals surface area contributed by atoms with Gasteiger partial charge >= 0.3 is 6.03 Å². The number of aromatic nitrogens is 3. The molecule has 46 heavy (non-hydrogen) atoms. The molecule has 2 atom stereocenters. The molecule has 2 aromatic heterocycles. The highest BCUT2D eigenvalue weighted by atomic mass is 79.9. The molecule has 3 amide bonds. The van der Waals surface area contributed by atoms with Crippen molar-refractivity contribution in [1.82, 2.24) is 35.0 Å². The number of halogens is 2.